The Balaban J connectivity index is 1.46. The zero-order valence-electron chi connectivity index (χ0n) is 20.8. The van der Waals surface area contributed by atoms with Crippen LogP contribution in [0, 0.1) is 0 Å². The van der Waals surface area contributed by atoms with Crippen LogP contribution in [0.4, 0.5) is 0 Å². The van der Waals surface area contributed by atoms with Crippen molar-refractivity contribution in [3.05, 3.63) is 126 Å². The number of fused-ring (bicyclic) bond motifs is 5. The van der Waals surface area contributed by atoms with Crippen molar-refractivity contribution in [1.29, 1.82) is 0 Å². The van der Waals surface area contributed by atoms with Crippen LogP contribution >= 0.6 is 0 Å². The molecule has 1 aromatic heterocycles. The molecule has 0 fully saturated rings. The van der Waals surface area contributed by atoms with Crippen LogP contribution in [0.15, 0.2) is 115 Å². The largest absolute Gasteiger partial charge is 0.208 e. The normalized spacial score (nSPS) is 13.4. The molecule has 0 aliphatic heterocycles. The van der Waals surface area contributed by atoms with Gasteiger partial charge in [-0.05, 0) is 39.1 Å². The number of hydrogen-bond donors (Lipinski definition) is 0. The average molecular weight is 476 g/mol. The van der Waals surface area contributed by atoms with E-state index in [0.717, 1.165) is 16.7 Å². The number of hydrogen-bond acceptors (Lipinski definition) is 3. The van der Waals surface area contributed by atoms with Crippen LogP contribution in [-0.2, 0) is 5.41 Å². The molecule has 0 N–H and O–H groups in total. The molecule has 0 unspecified atom stereocenters. The fraction of sp³-hybridized carbons (Fsp3) is 0.0882. The Morgan fingerprint density at radius 2 is 1.03 bits per heavy atom. The van der Waals surface area contributed by atoms with Gasteiger partial charge in [0.1, 0.15) is 0 Å². The standard InChI is InChI=1S/C34H25N3/c1-34(2)29-16-10-9-15-26(29)27-20-19-22-17-18-25(21-28(22)30(27)34)33-36-31(23-11-5-3-6-12-23)35-32(37-33)24-13-7-4-8-14-24/h3-21H,1-2H3. The van der Waals surface area contributed by atoms with Crippen LogP contribution in [-0.4, -0.2) is 15.0 Å². The molecule has 37 heavy (non-hydrogen) atoms. The highest BCUT2D eigenvalue weighted by Gasteiger charge is 2.36. The van der Waals surface area contributed by atoms with E-state index in [1.165, 1.54) is 33.0 Å². The summed E-state index contributed by atoms with van der Waals surface area (Å²) in [5.41, 5.74) is 8.23. The van der Waals surface area contributed by atoms with Crippen molar-refractivity contribution < 1.29 is 0 Å². The van der Waals surface area contributed by atoms with Gasteiger partial charge in [-0.15, -0.1) is 0 Å². The fourth-order valence-corrected chi connectivity index (χ4v) is 5.69. The molecule has 0 spiro atoms. The third-order valence-corrected chi connectivity index (χ3v) is 7.49. The third kappa shape index (κ3) is 3.47. The van der Waals surface area contributed by atoms with E-state index >= 15 is 0 Å². The topological polar surface area (TPSA) is 38.7 Å². The molecule has 0 bridgehead atoms. The van der Waals surface area contributed by atoms with E-state index in [1.54, 1.807) is 0 Å². The first kappa shape index (κ1) is 21.6. The number of benzene rings is 5. The van der Waals surface area contributed by atoms with E-state index in [0.29, 0.717) is 17.5 Å². The molecule has 1 heterocycles. The minimum absolute atomic E-state index is 0.0897. The first-order valence-corrected chi connectivity index (χ1v) is 12.6. The third-order valence-electron chi connectivity index (χ3n) is 7.49. The maximum atomic E-state index is 4.95. The van der Waals surface area contributed by atoms with Crippen molar-refractivity contribution in [1.82, 2.24) is 15.0 Å². The van der Waals surface area contributed by atoms with Gasteiger partial charge < -0.3 is 0 Å². The van der Waals surface area contributed by atoms with Crippen LogP contribution in [0.25, 0.3) is 56.1 Å². The zero-order chi connectivity index (χ0) is 25.0. The maximum Gasteiger partial charge on any atom is 0.164 e. The Morgan fingerprint density at radius 3 is 1.68 bits per heavy atom. The van der Waals surface area contributed by atoms with Crippen LogP contribution in [0.3, 0.4) is 0 Å². The summed E-state index contributed by atoms with van der Waals surface area (Å²) in [7, 11) is 0. The number of nitrogens with zero attached hydrogens (tertiary/aromatic N) is 3. The molecule has 176 valence electrons. The van der Waals surface area contributed by atoms with Crippen LogP contribution in [0.5, 0.6) is 0 Å². The van der Waals surface area contributed by atoms with Crippen molar-refractivity contribution >= 4 is 10.8 Å². The average Bonchev–Trinajstić information content (AvgIpc) is 3.20. The maximum absolute atomic E-state index is 4.95. The van der Waals surface area contributed by atoms with Gasteiger partial charge in [-0.1, -0.05) is 123 Å². The molecule has 3 nitrogen and oxygen atoms in total. The highest BCUT2D eigenvalue weighted by atomic mass is 15.0. The molecule has 1 aliphatic rings. The highest BCUT2D eigenvalue weighted by molar-refractivity contribution is 5.99. The van der Waals surface area contributed by atoms with E-state index in [1.807, 2.05) is 60.7 Å². The molecule has 5 aromatic carbocycles. The van der Waals surface area contributed by atoms with Gasteiger partial charge in [0.15, 0.2) is 17.5 Å². The smallest absolute Gasteiger partial charge is 0.164 e. The molecule has 6 aromatic rings. The first-order valence-electron chi connectivity index (χ1n) is 12.6. The van der Waals surface area contributed by atoms with Crippen LogP contribution < -0.4 is 0 Å². The van der Waals surface area contributed by atoms with Gasteiger partial charge in [0.2, 0.25) is 0 Å². The summed E-state index contributed by atoms with van der Waals surface area (Å²) in [6, 6.07) is 40.1. The minimum atomic E-state index is -0.0897. The Kier molecular flexibility index (Phi) is 4.80. The second kappa shape index (κ2) is 8.21. The van der Waals surface area contributed by atoms with Crippen molar-refractivity contribution in [2.24, 2.45) is 0 Å². The Bertz CT molecular complexity index is 1730. The summed E-state index contributed by atoms with van der Waals surface area (Å²) >= 11 is 0. The molecule has 0 radical (unpaired) electrons. The predicted octanol–water partition coefficient (Wildman–Crippen LogP) is 8.33. The second-order valence-corrected chi connectivity index (χ2v) is 10.1. The monoisotopic (exact) mass is 475 g/mol. The molecule has 0 saturated heterocycles. The highest BCUT2D eigenvalue weighted by Crippen LogP contribution is 2.51. The summed E-state index contributed by atoms with van der Waals surface area (Å²) in [4.78, 5) is 14.8. The SMILES string of the molecule is CC1(C)c2ccccc2-c2ccc3ccc(-c4nc(-c5ccccc5)nc(-c5ccccc5)n4)cc3c21. The van der Waals surface area contributed by atoms with Gasteiger partial charge in [0.05, 0.1) is 0 Å². The molecular weight excluding hydrogens is 450 g/mol. The molecule has 0 amide bonds. The Hall–Kier alpha value is -4.63. The van der Waals surface area contributed by atoms with E-state index in [4.69, 9.17) is 15.0 Å². The Labute approximate surface area is 216 Å². The quantitative estimate of drug-likeness (QED) is 0.258. The van der Waals surface area contributed by atoms with Gasteiger partial charge in [0, 0.05) is 22.1 Å². The van der Waals surface area contributed by atoms with E-state index in [2.05, 4.69) is 68.4 Å². The summed E-state index contributed by atoms with van der Waals surface area (Å²) in [5, 5.41) is 2.48. The fourth-order valence-electron chi connectivity index (χ4n) is 5.69. The number of aromatic nitrogens is 3. The van der Waals surface area contributed by atoms with Gasteiger partial charge in [-0.2, -0.15) is 0 Å². The summed E-state index contributed by atoms with van der Waals surface area (Å²) < 4.78 is 0. The first-order chi connectivity index (χ1) is 18.1. The van der Waals surface area contributed by atoms with Gasteiger partial charge >= 0.3 is 0 Å². The van der Waals surface area contributed by atoms with Crippen molar-refractivity contribution in [3.63, 3.8) is 0 Å². The lowest BCUT2D eigenvalue weighted by molar-refractivity contribution is 0.666. The molecule has 0 atom stereocenters. The van der Waals surface area contributed by atoms with Crippen molar-refractivity contribution in [2.75, 3.05) is 0 Å². The lowest BCUT2D eigenvalue weighted by atomic mass is 9.80. The summed E-state index contributed by atoms with van der Waals surface area (Å²) in [6.45, 7) is 4.65. The Morgan fingerprint density at radius 1 is 0.486 bits per heavy atom. The zero-order valence-corrected chi connectivity index (χ0v) is 20.8. The molecule has 0 saturated carbocycles. The van der Waals surface area contributed by atoms with E-state index < -0.39 is 0 Å². The second-order valence-electron chi connectivity index (χ2n) is 10.1. The van der Waals surface area contributed by atoms with Crippen LogP contribution in [0.2, 0.25) is 0 Å². The van der Waals surface area contributed by atoms with Crippen molar-refractivity contribution in [3.8, 4) is 45.3 Å². The molecular formula is C34H25N3. The molecule has 7 rings (SSSR count). The van der Waals surface area contributed by atoms with Gasteiger partial charge in [-0.25, -0.2) is 15.0 Å². The minimum Gasteiger partial charge on any atom is -0.208 e. The molecule has 3 heteroatoms. The van der Waals surface area contributed by atoms with E-state index in [9.17, 15) is 0 Å². The number of rotatable bonds is 3. The van der Waals surface area contributed by atoms with Gasteiger partial charge in [0.25, 0.3) is 0 Å². The summed E-state index contributed by atoms with van der Waals surface area (Å²) in [5.74, 6) is 2.03. The van der Waals surface area contributed by atoms with E-state index in [-0.39, 0.29) is 5.41 Å². The summed E-state index contributed by atoms with van der Waals surface area (Å²) in [6.07, 6.45) is 0. The van der Waals surface area contributed by atoms with Gasteiger partial charge in [-0.3, -0.25) is 0 Å². The van der Waals surface area contributed by atoms with Crippen LogP contribution in [0.1, 0.15) is 25.0 Å². The predicted molar refractivity (Wildman–Crippen MR) is 151 cm³/mol. The lowest BCUT2D eigenvalue weighted by Crippen LogP contribution is -2.15. The lowest BCUT2D eigenvalue weighted by Gasteiger charge is -2.23. The molecule has 1 aliphatic carbocycles. The van der Waals surface area contributed by atoms with Crippen molar-refractivity contribution in [2.45, 2.75) is 19.3 Å².